The second-order valence-corrected chi connectivity index (χ2v) is 4.16. The van der Waals surface area contributed by atoms with Gasteiger partial charge < -0.3 is 9.72 Å². The van der Waals surface area contributed by atoms with E-state index in [0.717, 1.165) is 28.0 Å². The highest BCUT2D eigenvalue weighted by Crippen LogP contribution is 2.30. The number of fused-ring (bicyclic) bond motifs is 1. The number of H-pyrrole nitrogens is 1. The first-order valence-electron chi connectivity index (χ1n) is 5.42. The summed E-state index contributed by atoms with van der Waals surface area (Å²) in [6, 6.07) is 9.72. The van der Waals surface area contributed by atoms with Gasteiger partial charge in [-0.25, -0.2) is 9.97 Å². The zero-order valence-electron chi connectivity index (χ0n) is 9.64. The molecule has 0 amide bonds. The highest BCUT2D eigenvalue weighted by atomic mass is 35.5. The number of ether oxygens (including phenoxy) is 1. The number of methoxy groups -OCH3 is 1. The van der Waals surface area contributed by atoms with E-state index in [2.05, 4.69) is 15.0 Å². The first kappa shape index (κ1) is 11.0. The van der Waals surface area contributed by atoms with Crippen LogP contribution in [0.25, 0.3) is 22.3 Å². The van der Waals surface area contributed by atoms with Gasteiger partial charge in [-0.3, -0.25) is 0 Å². The van der Waals surface area contributed by atoms with Crippen molar-refractivity contribution in [1.29, 1.82) is 0 Å². The van der Waals surface area contributed by atoms with Crippen molar-refractivity contribution in [2.75, 3.05) is 7.11 Å². The number of hydrogen-bond donors (Lipinski definition) is 1. The van der Waals surface area contributed by atoms with Crippen molar-refractivity contribution in [3.63, 3.8) is 0 Å². The maximum atomic E-state index is 5.77. The van der Waals surface area contributed by atoms with Gasteiger partial charge in [0.1, 0.15) is 5.75 Å². The van der Waals surface area contributed by atoms with Crippen LogP contribution >= 0.6 is 11.6 Å². The third-order valence-corrected chi connectivity index (χ3v) is 2.92. The molecule has 0 aliphatic carbocycles. The van der Waals surface area contributed by atoms with Gasteiger partial charge in [-0.1, -0.05) is 12.1 Å². The molecule has 0 atom stereocenters. The normalized spacial score (nSPS) is 10.8. The number of para-hydroxylation sites is 1. The van der Waals surface area contributed by atoms with Crippen molar-refractivity contribution >= 4 is 22.6 Å². The summed E-state index contributed by atoms with van der Waals surface area (Å²) in [4.78, 5) is 11.4. The van der Waals surface area contributed by atoms with Gasteiger partial charge in [-0.05, 0) is 29.8 Å². The molecule has 0 fully saturated rings. The first-order chi connectivity index (χ1) is 8.78. The summed E-state index contributed by atoms with van der Waals surface area (Å²) in [7, 11) is 1.65. The standard InChI is InChI=1S/C13H10ClN3O/c1-18-12-5-3-2-4-8(12)9-6-10-11(16-9)7-15-13(14)17-10/h2-7,16H,1H3. The third kappa shape index (κ3) is 1.80. The van der Waals surface area contributed by atoms with Crippen LogP contribution in [0.2, 0.25) is 5.28 Å². The molecule has 3 rings (SSSR count). The highest BCUT2D eigenvalue weighted by molar-refractivity contribution is 6.28. The average molecular weight is 260 g/mol. The van der Waals surface area contributed by atoms with Crippen molar-refractivity contribution < 1.29 is 4.74 Å². The van der Waals surface area contributed by atoms with Gasteiger partial charge in [0.25, 0.3) is 0 Å². The molecule has 2 heterocycles. The van der Waals surface area contributed by atoms with E-state index in [1.165, 1.54) is 0 Å². The largest absolute Gasteiger partial charge is 0.496 e. The Hall–Kier alpha value is -2.07. The summed E-state index contributed by atoms with van der Waals surface area (Å²) in [6.45, 7) is 0. The molecular weight excluding hydrogens is 250 g/mol. The van der Waals surface area contributed by atoms with E-state index in [9.17, 15) is 0 Å². The van der Waals surface area contributed by atoms with E-state index < -0.39 is 0 Å². The molecule has 0 radical (unpaired) electrons. The lowest BCUT2D eigenvalue weighted by atomic mass is 10.1. The van der Waals surface area contributed by atoms with E-state index >= 15 is 0 Å². The molecule has 18 heavy (non-hydrogen) atoms. The van der Waals surface area contributed by atoms with E-state index in [4.69, 9.17) is 16.3 Å². The van der Waals surface area contributed by atoms with Gasteiger partial charge in [0.05, 0.1) is 30.0 Å². The molecule has 0 spiro atoms. The van der Waals surface area contributed by atoms with Crippen molar-refractivity contribution in [2.24, 2.45) is 0 Å². The minimum Gasteiger partial charge on any atom is -0.496 e. The Kier molecular flexibility index (Phi) is 2.64. The number of hydrogen-bond acceptors (Lipinski definition) is 3. The molecular formula is C13H10ClN3O. The number of aromatic nitrogens is 3. The zero-order chi connectivity index (χ0) is 12.5. The van der Waals surface area contributed by atoms with E-state index in [0.29, 0.717) is 0 Å². The van der Waals surface area contributed by atoms with E-state index in [1.54, 1.807) is 13.3 Å². The molecule has 0 saturated heterocycles. The van der Waals surface area contributed by atoms with Gasteiger partial charge in [-0.15, -0.1) is 0 Å². The number of rotatable bonds is 2. The lowest BCUT2D eigenvalue weighted by Gasteiger charge is -2.05. The van der Waals surface area contributed by atoms with Gasteiger partial charge in [-0.2, -0.15) is 0 Å². The molecule has 0 unspecified atom stereocenters. The van der Waals surface area contributed by atoms with Gasteiger partial charge in [0, 0.05) is 5.56 Å². The Morgan fingerprint density at radius 2 is 2.11 bits per heavy atom. The molecule has 3 aromatic rings. The summed E-state index contributed by atoms with van der Waals surface area (Å²) >= 11 is 5.77. The molecule has 0 aliphatic heterocycles. The molecule has 0 bridgehead atoms. The molecule has 0 aliphatic rings. The molecule has 0 saturated carbocycles. The van der Waals surface area contributed by atoms with Crippen LogP contribution in [-0.4, -0.2) is 22.1 Å². The quantitative estimate of drug-likeness (QED) is 0.719. The summed E-state index contributed by atoms with van der Waals surface area (Å²) in [5.41, 5.74) is 3.55. The minimum atomic E-state index is 0.244. The number of nitrogens with zero attached hydrogens (tertiary/aromatic N) is 2. The number of nitrogens with one attached hydrogen (secondary N) is 1. The van der Waals surface area contributed by atoms with Crippen molar-refractivity contribution in [3.05, 3.63) is 41.8 Å². The van der Waals surface area contributed by atoms with Crippen molar-refractivity contribution in [3.8, 4) is 17.0 Å². The molecule has 1 N–H and O–H groups in total. The van der Waals surface area contributed by atoms with Gasteiger partial charge >= 0.3 is 0 Å². The van der Waals surface area contributed by atoms with Crippen molar-refractivity contribution in [1.82, 2.24) is 15.0 Å². The average Bonchev–Trinajstić information content (AvgIpc) is 2.81. The van der Waals surface area contributed by atoms with Crippen molar-refractivity contribution in [2.45, 2.75) is 0 Å². The molecule has 1 aromatic carbocycles. The summed E-state index contributed by atoms with van der Waals surface area (Å²) in [6.07, 6.45) is 1.67. The van der Waals surface area contributed by atoms with Crippen LogP contribution in [0.15, 0.2) is 36.5 Å². The SMILES string of the molecule is COc1ccccc1-c1cc2nc(Cl)ncc2[nH]1. The van der Waals surface area contributed by atoms with Gasteiger partial charge in [0.15, 0.2) is 0 Å². The van der Waals surface area contributed by atoms with Crippen LogP contribution in [0.4, 0.5) is 0 Å². The van der Waals surface area contributed by atoms with E-state index in [-0.39, 0.29) is 5.28 Å². The van der Waals surface area contributed by atoms with Crippen LogP contribution in [0.1, 0.15) is 0 Å². The number of aromatic amines is 1. The minimum absolute atomic E-state index is 0.244. The Balaban J connectivity index is 2.19. The topological polar surface area (TPSA) is 50.8 Å². The zero-order valence-corrected chi connectivity index (χ0v) is 10.4. The fourth-order valence-corrected chi connectivity index (χ4v) is 2.05. The van der Waals surface area contributed by atoms with Crippen LogP contribution in [0, 0.1) is 0 Å². The Morgan fingerprint density at radius 1 is 1.28 bits per heavy atom. The predicted molar refractivity (Wildman–Crippen MR) is 70.9 cm³/mol. The number of benzene rings is 1. The maximum Gasteiger partial charge on any atom is 0.223 e. The molecule has 90 valence electrons. The summed E-state index contributed by atoms with van der Waals surface area (Å²) in [5, 5.41) is 0.244. The fourth-order valence-electron chi connectivity index (χ4n) is 1.91. The van der Waals surface area contributed by atoms with Crippen LogP contribution in [-0.2, 0) is 0 Å². The number of halogens is 1. The van der Waals surface area contributed by atoms with Crippen LogP contribution in [0.3, 0.4) is 0 Å². The fraction of sp³-hybridized carbons (Fsp3) is 0.0769. The Labute approximate surface area is 109 Å². The monoisotopic (exact) mass is 259 g/mol. The lowest BCUT2D eigenvalue weighted by Crippen LogP contribution is -1.86. The molecule has 5 heteroatoms. The van der Waals surface area contributed by atoms with Gasteiger partial charge in [0.2, 0.25) is 5.28 Å². The van der Waals surface area contributed by atoms with Crippen LogP contribution < -0.4 is 4.74 Å². The Morgan fingerprint density at radius 3 is 2.94 bits per heavy atom. The second-order valence-electron chi connectivity index (χ2n) is 3.82. The smallest absolute Gasteiger partial charge is 0.223 e. The van der Waals surface area contributed by atoms with E-state index in [1.807, 2.05) is 30.3 Å². The summed E-state index contributed by atoms with van der Waals surface area (Å²) in [5.74, 6) is 0.808. The second kappa shape index (κ2) is 4.31. The Bertz CT molecular complexity index is 708. The van der Waals surface area contributed by atoms with Crippen LogP contribution in [0.5, 0.6) is 5.75 Å². The first-order valence-corrected chi connectivity index (χ1v) is 5.80. The predicted octanol–water partition coefficient (Wildman–Crippen LogP) is 3.29. The maximum absolute atomic E-state index is 5.77. The molecule has 4 nitrogen and oxygen atoms in total. The lowest BCUT2D eigenvalue weighted by molar-refractivity contribution is 0.416. The third-order valence-electron chi connectivity index (χ3n) is 2.74. The highest BCUT2D eigenvalue weighted by Gasteiger charge is 2.09. The molecule has 2 aromatic heterocycles. The summed E-state index contributed by atoms with van der Waals surface area (Å²) < 4.78 is 5.34.